The Bertz CT molecular complexity index is 1210. The van der Waals surface area contributed by atoms with Crippen LogP contribution < -0.4 is 10.1 Å². The highest BCUT2D eigenvalue weighted by Crippen LogP contribution is 2.30. The molecule has 3 aromatic rings. The standard InChI is InChI=1S/C29H37N3O5/c1-8-35-28(34)29(5,6)37-26-19(2)14-22(15-20(26)3)16-32(18-25(33)30-7)17-24-21(4)36-27(31-24)23-12-10-9-11-13-23/h9-15H,8,16-18H2,1-7H3,(H,30,33). The number of nitrogens with zero attached hydrogens (tertiary/aromatic N) is 2. The molecule has 0 radical (unpaired) electrons. The summed E-state index contributed by atoms with van der Waals surface area (Å²) in [6.45, 7) is 12.4. The molecular formula is C29H37N3O5. The van der Waals surface area contributed by atoms with Gasteiger partial charge in [-0.3, -0.25) is 9.69 Å². The SMILES string of the molecule is CCOC(=O)C(C)(C)Oc1c(C)cc(CN(CC(=O)NC)Cc2nc(-c3ccccc3)oc2C)cc1C. The second-order valence-corrected chi connectivity index (χ2v) is 9.60. The Morgan fingerprint density at radius 1 is 1.05 bits per heavy atom. The summed E-state index contributed by atoms with van der Waals surface area (Å²) in [6.07, 6.45) is 0. The number of carbonyl (C=O) groups is 2. The predicted octanol–water partition coefficient (Wildman–Crippen LogP) is 4.74. The maximum Gasteiger partial charge on any atom is 0.349 e. The Kier molecular flexibility index (Phi) is 9.10. The molecule has 0 fully saturated rings. The average molecular weight is 508 g/mol. The van der Waals surface area contributed by atoms with Crippen molar-refractivity contribution in [2.24, 2.45) is 0 Å². The first-order valence-electron chi connectivity index (χ1n) is 12.4. The highest BCUT2D eigenvalue weighted by atomic mass is 16.6. The highest BCUT2D eigenvalue weighted by Gasteiger charge is 2.32. The first-order valence-corrected chi connectivity index (χ1v) is 12.4. The summed E-state index contributed by atoms with van der Waals surface area (Å²) < 4.78 is 17.2. The fourth-order valence-electron chi connectivity index (χ4n) is 4.09. The van der Waals surface area contributed by atoms with Crippen molar-refractivity contribution in [3.8, 4) is 17.2 Å². The van der Waals surface area contributed by atoms with E-state index in [-0.39, 0.29) is 12.5 Å². The molecular weight excluding hydrogens is 470 g/mol. The van der Waals surface area contributed by atoms with E-state index < -0.39 is 11.6 Å². The van der Waals surface area contributed by atoms with E-state index in [2.05, 4.69) is 5.32 Å². The highest BCUT2D eigenvalue weighted by molar-refractivity contribution is 5.79. The minimum absolute atomic E-state index is 0.0889. The van der Waals surface area contributed by atoms with Crippen LogP contribution in [-0.4, -0.2) is 47.6 Å². The lowest BCUT2D eigenvalue weighted by Gasteiger charge is -2.27. The summed E-state index contributed by atoms with van der Waals surface area (Å²) >= 11 is 0. The lowest BCUT2D eigenvalue weighted by molar-refractivity contribution is -0.158. The van der Waals surface area contributed by atoms with Gasteiger partial charge in [0.15, 0.2) is 5.60 Å². The number of benzene rings is 2. The van der Waals surface area contributed by atoms with Gasteiger partial charge in [0.25, 0.3) is 0 Å². The number of nitrogens with one attached hydrogen (secondary N) is 1. The number of rotatable bonds is 11. The van der Waals surface area contributed by atoms with Gasteiger partial charge in [-0.25, -0.2) is 9.78 Å². The molecule has 0 spiro atoms. The normalized spacial score (nSPS) is 11.5. The third-order valence-electron chi connectivity index (χ3n) is 5.98. The van der Waals surface area contributed by atoms with Gasteiger partial charge in [0.05, 0.1) is 18.8 Å². The van der Waals surface area contributed by atoms with Gasteiger partial charge >= 0.3 is 5.97 Å². The maximum absolute atomic E-state index is 12.3. The number of hydrogen-bond acceptors (Lipinski definition) is 7. The molecule has 37 heavy (non-hydrogen) atoms. The van der Waals surface area contributed by atoms with Crippen molar-refractivity contribution in [2.75, 3.05) is 20.2 Å². The largest absolute Gasteiger partial charge is 0.476 e. The van der Waals surface area contributed by atoms with Gasteiger partial charge in [0, 0.05) is 25.7 Å². The zero-order valence-electron chi connectivity index (χ0n) is 22.8. The van der Waals surface area contributed by atoms with Crippen molar-refractivity contribution in [2.45, 2.75) is 60.2 Å². The van der Waals surface area contributed by atoms with Crippen LogP contribution >= 0.6 is 0 Å². The Hall–Kier alpha value is -3.65. The molecule has 1 amide bonds. The fraction of sp³-hybridized carbons (Fsp3) is 0.414. The first-order chi connectivity index (χ1) is 17.5. The van der Waals surface area contributed by atoms with Crippen molar-refractivity contribution in [3.05, 3.63) is 70.6 Å². The number of oxazole rings is 1. The quantitative estimate of drug-likeness (QED) is 0.375. The number of aromatic nitrogens is 1. The molecule has 0 saturated heterocycles. The van der Waals surface area contributed by atoms with Crippen molar-refractivity contribution in [1.82, 2.24) is 15.2 Å². The zero-order chi connectivity index (χ0) is 27.2. The summed E-state index contributed by atoms with van der Waals surface area (Å²) in [5.41, 5.74) is 3.39. The predicted molar refractivity (Wildman–Crippen MR) is 142 cm³/mol. The first kappa shape index (κ1) is 27.9. The molecule has 1 N–H and O–H groups in total. The molecule has 8 heteroatoms. The van der Waals surface area contributed by atoms with Gasteiger partial charge in [-0.2, -0.15) is 0 Å². The summed E-state index contributed by atoms with van der Waals surface area (Å²) in [4.78, 5) is 31.4. The van der Waals surface area contributed by atoms with Crippen LogP contribution in [0.4, 0.5) is 0 Å². The van der Waals surface area contributed by atoms with Crippen LogP contribution in [0.3, 0.4) is 0 Å². The van der Waals surface area contributed by atoms with Gasteiger partial charge in [0.1, 0.15) is 11.5 Å². The number of amides is 1. The van der Waals surface area contributed by atoms with Crippen molar-refractivity contribution < 1.29 is 23.5 Å². The number of likely N-dealkylation sites (N-methyl/N-ethyl adjacent to an activating group) is 1. The van der Waals surface area contributed by atoms with E-state index >= 15 is 0 Å². The third-order valence-corrected chi connectivity index (χ3v) is 5.98. The van der Waals surface area contributed by atoms with E-state index in [1.165, 1.54) is 0 Å². The Labute approximate surface area is 219 Å². The molecule has 0 unspecified atom stereocenters. The number of esters is 1. The van der Waals surface area contributed by atoms with Gasteiger partial charge in [-0.05, 0) is 70.4 Å². The molecule has 0 atom stereocenters. The van der Waals surface area contributed by atoms with Gasteiger partial charge in [-0.15, -0.1) is 0 Å². The second-order valence-electron chi connectivity index (χ2n) is 9.60. The molecule has 0 bridgehead atoms. The Morgan fingerprint density at radius 2 is 1.70 bits per heavy atom. The summed E-state index contributed by atoms with van der Waals surface area (Å²) in [7, 11) is 1.63. The van der Waals surface area contributed by atoms with Crippen LogP contribution in [0.1, 0.15) is 48.9 Å². The molecule has 0 aliphatic carbocycles. The maximum atomic E-state index is 12.3. The van der Waals surface area contributed by atoms with Crippen LogP contribution in [0.2, 0.25) is 0 Å². The van der Waals surface area contributed by atoms with E-state index in [0.717, 1.165) is 33.7 Å². The summed E-state index contributed by atoms with van der Waals surface area (Å²) in [6, 6.07) is 13.8. The number of hydrogen-bond donors (Lipinski definition) is 1. The van der Waals surface area contributed by atoms with Crippen molar-refractivity contribution in [1.29, 1.82) is 0 Å². The third kappa shape index (κ3) is 7.20. The lowest BCUT2D eigenvalue weighted by atomic mass is 10.0. The van der Waals surface area contributed by atoms with Crippen LogP contribution in [-0.2, 0) is 27.4 Å². The molecule has 198 valence electrons. The van der Waals surface area contributed by atoms with Crippen LogP contribution in [0.25, 0.3) is 11.5 Å². The Balaban J connectivity index is 1.83. The molecule has 1 aromatic heterocycles. The van der Waals surface area contributed by atoms with Crippen LogP contribution in [0, 0.1) is 20.8 Å². The van der Waals surface area contributed by atoms with Gasteiger partial charge in [-0.1, -0.05) is 30.3 Å². The van der Waals surface area contributed by atoms with E-state index in [0.29, 0.717) is 31.3 Å². The number of carbonyl (C=O) groups excluding carboxylic acids is 2. The monoisotopic (exact) mass is 507 g/mol. The summed E-state index contributed by atoms with van der Waals surface area (Å²) in [5.74, 6) is 1.43. The smallest absolute Gasteiger partial charge is 0.349 e. The molecule has 0 saturated carbocycles. The minimum Gasteiger partial charge on any atom is -0.476 e. The van der Waals surface area contributed by atoms with E-state index in [1.807, 2.05) is 68.1 Å². The molecule has 3 rings (SSSR count). The van der Waals surface area contributed by atoms with E-state index in [9.17, 15) is 9.59 Å². The lowest BCUT2D eigenvalue weighted by Crippen LogP contribution is -2.40. The number of ether oxygens (including phenoxy) is 2. The second kappa shape index (κ2) is 12.1. The van der Waals surface area contributed by atoms with Crippen molar-refractivity contribution in [3.63, 3.8) is 0 Å². The van der Waals surface area contributed by atoms with Crippen molar-refractivity contribution >= 4 is 11.9 Å². The fourth-order valence-corrected chi connectivity index (χ4v) is 4.09. The Morgan fingerprint density at radius 3 is 2.30 bits per heavy atom. The topological polar surface area (TPSA) is 93.9 Å². The van der Waals surface area contributed by atoms with Gasteiger partial charge < -0.3 is 19.2 Å². The molecule has 0 aliphatic heterocycles. The average Bonchev–Trinajstić information content (AvgIpc) is 3.22. The molecule has 1 heterocycles. The van der Waals surface area contributed by atoms with Crippen LogP contribution in [0.15, 0.2) is 46.9 Å². The van der Waals surface area contributed by atoms with E-state index in [4.69, 9.17) is 18.9 Å². The molecule has 8 nitrogen and oxygen atoms in total. The summed E-state index contributed by atoms with van der Waals surface area (Å²) in [5, 5.41) is 2.70. The molecule has 0 aliphatic rings. The zero-order valence-corrected chi connectivity index (χ0v) is 22.8. The number of aryl methyl sites for hydroxylation is 3. The molecule has 2 aromatic carbocycles. The van der Waals surface area contributed by atoms with Gasteiger partial charge in [0.2, 0.25) is 11.8 Å². The minimum atomic E-state index is -1.11. The van der Waals surface area contributed by atoms with E-state index in [1.54, 1.807) is 27.8 Å². The van der Waals surface area contributed by atoms with Crippen LogP contribution in [0.5, 0.6) is 5.75 Å².